The van der Waals surface area contributed by atoms with Gasteiger partial charge in [0.05, 0.1) is 0 Å². The maximum atomic E-state index is 0. The molecule has 0 aliphatic heterocycles. The summed E-state index contributed by atoms with van der Waals surface area (Å²) in [6, 6.07) is 0. The molecule has 7 heteroatoms. The second-order valence-electron chi connectivity index (χ2n) is 0. The number of hydrogen-bond acceptors (Lipinski definition) is 0. The summed E-state index contributed by atoms with van der Waals surface area (Å²) >= 11 is 0. The van der Waals surface area contributed by atoms with Gasteiger partial charge in [-0.05, 0) is 0 Å². The molecule has 0 bridgehead atoms. The summed E-state index contributed by atoms with van der Waals surface area (Å²) in [6.07, 6.45) is 0. The van der Waals surface area contributed by atoms with E-state index in [1.165, 1.54) is 0 Å². The van der Waals surface area contributed by atoms with Crippen LogP contribution in [0.5, 0.6) is 0 Å². The normalized spacial score (nSPS) is 0. The minimum absolute atomic E-state index is 0. The van der Waals surface area contributed by atoms with Gasteiger partial charge in [0.25, 0.3) is 0 Å². The van der Waals surface area contributed by atoms with Crippen molar-refractivity contribution in [3.8, 4) is 0 Å². The molecule has 0 N–H and O–H groups in total. The number of rotatable bonds is 0. The molecule has 0 rings (SSSR count). The van der Waals surface area contributed by atoms with E-state index in [0.717, 1.165) is 0 Å². The first kappa shape index (κ1) is 65.8. The van der Waals surface area contributed by atoms with Crippen LogP contribution >= 0.6 is 0 Å². The molecule has 4 radical (unpaired) electrons. The predicted octanol–water partition coefficient (Wildman–Crippen LogP) is -0.396. The second-order valence-corrected chi connectivity index (χ2v) is 0. The second kappa shape index (κ2) is 48.8. The van der Waals surface area contributed by atoms with E-state index in [-0.39, 0.29) is 133 Å². The summed E-state index contributed by atoms with van der Waals surface area (Å²) in [5, 5.41) is 0. The van der Waals surface area contributed by atoms with E-state index >= 15 is 0 Å². The van der Waals surface area contributed by atoms with Gasteiger partial charge in [-0.2, -0.15) is 0 Å². The van der Waals surface area contributed by atoms with Crippen LogP contribution in [0.15, 0.2) is 0 Å². The van der Waals surface area contributed by atoms with E-state index in [2.05, 4.69) is 0 Å². The Bertz CT molecular complexity index is 19.7. The molecule has 0 fully saturated rings. The molecule has 0 aromatic carbocycles. The molecule has 42 valence electrons. The monoisotopic (exact) mass is 432 g/mol. The van der Waals surface area contributed by atoms with Gasteiger partial charge >= 0.3 is 0 Å². The molecule has 0 aliphatic carbocycles. The molecule has 0 aromatic rings. The fourth-order valence-corrected chi connectivity index (χ4v) is 0. The van der Waals surface area contributed by atoms with Crippen LogP contribution in [0.4, 0.5) is 0 Å². The van der Waals surface area contributed by atoms with E-state index < -0.39 is 0 Å². The molecule has 0 aliphatic rings. The first-order chi connectivity index (χ1) is 0. The quantitative estimate of drug-likeness (QED) is 0.460. The molecule has 0 aromatic heterocycles. The van der Waals surface area contributed by atoms with E-state index in [0.29, 0.717) is 0 Å². The summed E-state index contributed by atoms with van der Waals surface area (Å²) in [5.41, 5.74) is 0. The summed E-state index contributed by atoms with van der Waals surface area (Å²) < 4.78 is 0. The van der Waals surface area contributed by atoms with Gasteiger partial charge in [0.15, 0.2) is 0 Å². The van der Waals surface area contributed by atoms with Gasteiger partial charge in [0, 0.05) is 133 Å². The average Bonchev–Trinajstić information content (AvgIpc) is 0. The van der Waals surface area contributed by atoms with Gasteiger partial charge < -0.3 is 0 Å². The van der Waals surface area contributed by atoms with Crippen LogP contribution in [0.1, 0.15) is 0 Å². The van der Waals surface area contributed by atoms with Crippen molar-refractivity contribution in [2.24, 2.45) is 0 Å². The molecular formula is AlCrFeMoNbNiTi. The summed E-state index contributed by atoms with van der Waals surface area (Å²) in [4.78, 5) is 0. The van der Waals surface area contributed by atoms with Crippen LogP contribution in [0.2, 0.25) is 0 Å². The van der Waals surface area contributed by atoms with Crippen LogP contribution in [0.3, 0.4) is 0 Å². The Labute approximate surface area is 131 Å². The Morgan fingerprint density at radius 2 is 1.00 bits per heavy atom. The SMILES string of the molecule is [Al].[Cr].[Fe].[Mo].[Nb].[Ni].[Ti]. The van der Waals surface area contributed by atoms with Crippen molar-refractivity contribution in [3.63, 3.8) is 0 Å². The first-order valence-corrected chi connectivity index (χ1v) is 0. The van der Waals surface area contributed by atoms with Gasteiger partial charge in [-0.25, -0.2) is 0 Å². The van der Waals surface area contributed by atoms with Crippen LogP contribution in [-0.2, 0) is 116 Å². The molecule has 0 nitrogen and oxygen atoms in total. The van der Waals surface area contributed by atoms with Crippen LogP contribution in [0, 0.1) is 0 Å². The van der Waals surface area contributed by atoms with Crippen LogP contribution in [0.25, 0.3) is 0 Å². The zero-order chi connectivity index (χ0) is 0. The summed E-state index contributed by atoms with van der Waals surface area (Å²) in [6.45, 7) is 0. The molecule has 7 heavy (non-hydrogen) atoms. The van der Waals surface area contributed by atoms with E-state index in [4.69, 9.17) is 0 Å². The first-order valence-electron chi connectivity index (χ1n) is 0. The van der Waals surface area contributed by atoms with Crippen molar-refractivity contribution in [2.75, 3.05) is 0 Å². The van der Waals surface area contributed by atoms with Gasteiger partial charge in [-0.3, -0.25) is 0 Å². The Kier molecular flexibility index (Phi) is 459. The molecular weight excluding hydrogens is 430 g/mol. The minimum Gasteiger partial charge on any atom is 0 e. The molecule has 0 heterocycles. The predicted molar refractivity (Wildman–Crippen MR) is 5.75 cm³/mol. The van der Waals surface area contributed by atoms with Crippen molar-refractivity contribution < 1.29 is 116 Å². The molecule has 0 unspecified atom stereocenters. The Hall–Kier alpha value is 4.22. The standard InChI is InChI=1S/Al.Cr.Fe.Mo.Nb.Ni.Ti. The summed E-state index contributed by atoms with van der Waals surface area (Å²) in [7, 11) is 0. The zero-order valence-electron chi connectivity index (χ0n) is 3.01. The largest absolute Gasteiger partial charge is 0 e. The molecule has 0 spiro atoms. The van der Waals surface area contributed by atoms with E-state index in [9.17, 15) is 0 Å². The molecule has 0 saturated carbocycles. The Morgan fingerprint density at radius 1 is 1.00 bits per heavy atom. The third kappa shape index (κ3) is 38.8. The maximum absolute atomic E-state index is 0. The van der Waals surface area contributed by atoms with Crippen molar-refractivity contribution in [3.05, 3.63) is 0 Å². The molecule has 0 saturated heterocycles. The third-order valence-electron chi connectivity index (χ3n) is 0. The van der Waals surface area contributed by atoms with Crippen molar-refractivity contribution in [2.45, 2.75) is 0 Å². The average molecular weight is 430 g/mol. The van der Waals surface area contributed by atoms with Gasteiger partial charge in [-0.1, -0.05) is 0 Å². The van der Waals surface area contributed by atoms with Gasteiger partial charge in [-0.15, -0.1) is 0 Å². The summed E-state index contributed by atoms with van der Waals surface area (Å²) in [5.74, 6) is 0. The molecule has 0 amide bonds. The van der Waals surface area contributed by atoms with Crippen molar-refractivity contribution in [1.82, 2.24) is 0 Å². The fraction of sp³-hybridized carbons (Fsp3) is 0. The maximum Gasteiger partial charge on any atom is 0 e. The van der Waals surface area contributed by atoms with E-state index in [1.54, 1.807) is 0 Å². The van der Waals surface area contributed by atoms with Crippen molar-refractivity contribution in [1.29, 1.82) is 0 Å². The minimum atomic E-state index is 0. The van der Waals surface area contributed by atoms with E-state index in [1.807, 2.05) is 0 Å². The van der Waals surface area contributed by atoms with Crippen LogP contribution < -0.4 is 0 Å². The smallest absolute Gasteiger partial charge is 0 e. The van der Waals surface area contributed by atoms with Gasteiger partial charge in [0.1, 0.15) is 0 Å². The van der Waals surface area contributed by atoms with Crippen molar-refractivity contribution >= 4 is 17.4 Å². The zero-order valence-corrected chi connectivity index (χ0v) is 13.3. The topological polar surface area (TPSA) is 0 Å². The van der Waals surface area contributed by atoms with Gasteiger partial charge in [0.2, 0.25) is 0 Å². The fourth-order valence-electron chi connectivity index (χ4n) is 0. The Morgan fingerprint density at radius 3 is 1.00 bits per heavy atom. The molecule has 0 atom stereocenters. The van der Waals surface area contributed by atoms with Crippen LogP contribution in [-0.4, -0.2) is 17.4 Å². The third-order valence-corrected chi connectivity index (χ3v) is 0. The number of hydrogen-bond donors (Lipinski definition) is 0. The Balaban J connectivity index is 0.